The molecule has 1 atom stereocenters. The summed E-state index contributed by atoms with van der Waals surface area (Å²) < 4.78 is 0. The van der Waals surface area contributed by atoms with Crippen molar-refractivity contribution in [1.82, 2.24) is 9.80 Å². The summed E-state index contributed by atoms with van der Waals surface area (Å²) in [5.41, 5.74) is 1.85. The van der Waals surface area contributed by atoms with Crippen LogP contribution in [0.4, 0.5) is 0 Å². The highest BCUT2D eigenvalue weighted by atomic mass is 15.2. The highest BCUT2D eigenvalue weighted by Crippen LogP contribution is 2.32. The van der Waals surface area contributed by atoms with Crippen molar-refractivity contribution in [2.24, 2.45) is 0 Å². The lowest BCUT2D eigenvalue weighted by molar-refractivity contribution is 0.161. The van der Waals surface area contributed by atoms with Gasteiger partial charge in [-0.1, -0.05) is 6.08 Å². The van der Waals surface area contributed by atoms with Gasteiger partial charge >= 0.3 is 0 Å². The van der Waals surface area contributed by atoms with Crippen LogP contribution in [-0.2, 0) is 0 Å². The second-order valence-electron chi connectivity index (χ2n) is 6.42. The fourth-order valence-corrected chi connectivity index (χ4v) is 3.89. The molecular formula is C16H30N2. The Morgan fingerprint density at radius 2 is 1.50 bits per heavy atom. The molecule has 0 amide bonds. The Morgan fingerprint density at radius 1 is 1.00 bits per heavy atom. The lowest BCUT2D eigenvalue weighted by Crippen LogP contribution is -2.49. The van der Waals surface area contributed by atoms with Crippen molar-refractivity contribution < 1.29 is 0 Å². The molecular weight excluding hydrogens is 220 g/mol. The smallest absolute Gasteiger partial charge is 0.0379 e. The first-order chi connectivity index (χ1) is 8.57. The largest absolute Gasteiger partial charge is 0.297 e. The van der Waals surface area contributed by atoms with E-state index in [1.807, 2.05) is 0 Å². The second kappa shape index (κ2) is 5.75. The van der Waals surface area contributed by atoms with Gasteiger partial charge in [-0.05, 0) is 85.1 Å². The first kappa shape index (κ1) is 14.1. The summed E-state index contributed by atoms with van der Waals surface area (Å²) in [6.07, 6.45) is 7.88. The molecule has 2 aliphatic rings. The molecule has 2 aliphatic heterocycles. The van der Waals surface area contributed by atoms with Crippen LogP contribution in [0, 0.1) is 0 Å². The zero-order chi connectivity index (χ0) is 13.2. The van der Waals surface area contributed by atoms with Crippen LogP contribution in [-0.4, -0.2) is 47.6 Å². The Kier molecular flexibility index (Phi) is 4.50. The molecule has 2 heteroatoms. The zero-order valence-corrected chi connectivity index (χ0v) is 12.7. The van der Waals surface area contributed by atoms with Crippen LogP contribution < -0.4 is 0 Å². The fraction of sp³-hybridized carbons (Fsp3) is 0.875. The van der Waals surface area contributed by atoms with Gasteiger partial charge in [0, 0.05) is 11.6 Å². The average molecular weight is 250 g/mol. The van der Waals surface area contributed by atoms with Crippen LogP contribution >= 0.6 is 0 Å². The fourth-order valence-electron chi connectivity index (χ4n) is 3.89. The maximum Gasteiger partial charge on any atom is 0.0379 e. The van der Waals surface area contributed by atoms with Gasteiger partial charge in [0.25, 0.3) is 0 Å². The summed E-state index contributed by atoms with van der Waals surface area (Å²) >= 11 is 0. The van der Waals surface area contributed by atoms with Crippen LogP contribution in [0.1, 0.15) is 53.4 Å². The predicted octanol–water partition coefficient (Wildman–Crippen LogP) is 3.29. The van der Waals surface area contributed by atoms with E-state index in [1.165, 1.54) is 51.9 Å². The van der Waals surface area contributed by atoms with E-state index in [2.05, 4.69) is 43.6 Å². The monoisotopic (exact) mass is 250 g/mol. The molecule has 0 radical (unpaired) electrons. The first-order valence-corrected chi connectivity index (χ1v) is 7.73. The highest BCUT2D eigenvalue weighted by Gasteiger charge is 2.36. The van der Waals surface area contributed by atoms with Crippen molar-refractivity contribution in [3.63, 3.8) is 0 Å². The molecule has 2 rings (SSSR count). The van der Waals surface area contributed by atoms with Crippen molar-refractivity contribution in [2.45, 2.75) is 65.0 Å². The molecule has 2 fully saturated rings. The third kappa shape index (κ3) is 2.65. The molecule has 1 unspecified atom stereocenters. The third-order valence-corrected chi connectivity index (χ3v) is 5.05. The number of allylic oxidation sites excluding steroid dienone is 1. The van der Waals surface area contributed by atoms with Gasteiger partial charge in [0.05, 0.1) is 0 Å². The molecule has 104 valence electrons. The number of hydrogen-bond acceptors (Lipinski definition) is 2. The third-order valence-electron chi connectivity index (χ3n) is 5.05. The van der Waals surface area contributed by atoms with Crippen molar-refractivity contribution in [2.75, 3.05) is 26.2 Å². The molecule has 0 N–H and O–H groups in total. The van der Waals surface area contributed by atoms with E-state index in [0.717, 1.165) is 0 Å². The minimum Gasteiger partial charge on any atom is -0.297 e. The van der Waals surface area contributed by atoms with E-state index in [9.17, 15) is 0 Å². The standard InChI is InChI=1S/C16H30N2/c1-5-15(14(2)17-10-6-7-11-17)16(3,4)18-12-8-9-13-18/h5,14H,6-13H2,1-4H3/b15-5-. The molecule has 2 heterocycles. The van der Waals surface area contributed by atoms with Gasteiger partial charge in [-0.3, -0.25) is 9.80 Å². The van der Waals surface area contributed by atoms with E-state index in [4.69, 9.17) is 0 Å². The predicted molar refractivity (Wildman–Crippen MR) is 78.9 cm³/mol. The molecule has 0 bridgehead atoms. The van der Waals surface area contributed by atoms with Crippen LogP contribution in [0.15, 0.2) is 11.6 Å². The van der Waals surface area contributed by atoms with Gasteiger partial charge in [-0.25, -0.2) is 0 Å². The minimum atomic E-state index is 0.229. The van der Waals surface area contributed by atoms with Gasteiger partial charge in [-0.2, -0.15) is 0 Å². The molecule has 18 heavy (non-hydrogen) atoms. The maximum atomic E-state index is 2.68. The Bertz CT molecular complexity index is 294. The lowest BCUT2D eigenvalue weighted by atomic mass is 9.86. The van der Waals surface area contributed by atoms with Crippen molar-refractivity contribution in [1.29, 1.82) is 0 Å². The van der Waals surface area contributed by atoms with E-state index in [-0.39, 0.29) is 5.54 Å². The van der Waals surface area contributed by atoms with Crippen molar-refractivity contribution >= 4 is 0 Å². The van der Waals surface area contributed by atoms with E-state index in [0.29, 0.717) is 6.04 Å². The van der Waals surface area contributed by atoms with Crippen LogP contribution in [0.3, 0.4) is 0 Å². The molecule has 0 saturated carbocycles. The number of hydrogen-bond donors (Lipinski definition) is 0. The van der Waals surface area contributed by atoms with E-state index >= 15 is 0 Å². The van der Waals surface area contributed by atoms with Crippen LogP contribution in [0.2, 0.25) is 0 Å². The van der Waals surface area contributed by atoms with Crippen molar-refractivity contribution in [3.8, 4) is 0 Å². The minimum absolute atomic E-state index is 0.229. The van der Waals surface area contributed by atoms with Gasteiger partial charge in [-0.15, -0.1) is 0 Å². The summed E-state index contributed by atoms with van der Waals surface area (Å²) in [4.78, 5) is 5.34. The lowest BCUT2D eigenvalue weighted by Gasteiger charge is -2.42. The number of rotatable bonds is 4. The number of likely N-dealkylation sites (tertiary alicyclic amines) is 2. The van der Waals surface area contributed by atoms with Gasteiger partial charge < -0.3 is 0 Å². The summed E-state index contributed by atoms with van der Waals surface area (Å²) in [5, 5.41) is 0. The van der Waals surface area contributed by atoms with Crippen LogP contribution in [0.5, 0.6) is 0 Å². The van der Waals surface area contributed by atoms with E-state index in [1.54, 1.807) is 5.57 Å². The SMILES string of the molecule is C/C=C(/C(C)N1CCCC1)C(C)(C)N1CCCC1. The molecule has 0 spiro atoms. The molecule has 2 nitrogen and oxygen atoms in total. The topological polar surface area (TPSA) is 6.48 Å². The summed E-state index contributed by atoms with van der Waals surface area (Å²) in [6, 6.07) is 0.605. The van der Waals surface area contributed by atoms with Crippen LogP contribution in [0.25, 0.3) is 0 Å². The Hall–Kier alpha value is -0.340. The van der Waals surface area contributed by atoms with Crippen molar-refractivity contribution in [3.05, 3.63) is 11.6 Å². The maximum absolute atomic E-state index is 2.68. The average Bonchev–Trinajstić information content (AvgIpc) is 3.03. The molecule has 0 aromatic heterocycles. The molecule has 2 saturated heterocycles. The number of nitrogens with zero attached hydrogens (tertiary/aromatic N) is 2. The second-order valence-corrected chi connectivity index (χ2v) is 6.42. The highest BCUT2D eigenvalue weighted by molar-refractivity contribution is 5.23. The molecule has 0 aromatic rings. The first-order valence-electron chi connectivity index (χ1n) is 7.73. The van der Waals surface area contributed by atoms with E-state index < -0.39 is 0 Å². The zero-order valence-electron chi connectivity index (χ0n) is 12.7. The van der Waals surface area contributed by atoms with Gasteiger partial charge in [0.1, 0.15) is 0 Å². The Morgan fingerprint density at radius 3 is 2.00 bits per heavy atom. The normalized spacial score (nSPS) is 25.9. The summed E-state index contributed by atoms with van der Waals surface area (Å²) in [7, 11) is 0. The van der Waals surface area contributed by atoms with Gasteiger partial charge in [0.15, 0.2) is 0 Å². The van der Waals surface area contributed by atoms with Gasteiger partial charge in [0.2, 0.25) is 0 Å². The summed E-state index contributed by atoms with van der Waals surface area (Å²) in [6.45, 7) is 14.6. The quantitative estimate of drug-likeness (QED) is 0.706. The Labute approximate surface area is 113 Å². The molecule has 0 aliphatic carbocycles. The summed E-state index contributed by atoms with van der Waals surface area (Å²) in [5.74, 6) is 0. The Balaban J connectivity index is 2.11. The molecule has 0 aromatic carbocycles.